The standard InChI is InChI=1S/C27H29O.3CH3.Al.Li/c1-3-5-9-22-26(4-2)28-27(23-16-10-6-11-17-23,24-18-12-7-13-19-24)25-20-14-8-15-21-25;;;;;/h2,4,6-8,10-21,26H,3,5,9,22H2,1H3;3*1H3;;/q;;;;-1;+1. The Morgan fingerprint density at radius 3 is 1.52 bits per heavy atom. The molecule has 0 radical (unpaired) electrons. The third kappa shape index (κ3) is 7.76. The van der Waals surface area contributed by atoms with Crippen LogP contribution in [0.15, 0.2) is 102 Å². The van der Waals surface area contributed by atoms with E-state index in [4.69, 9.17) is 4.74 Å². The van der Waals surface area contributed by atoms with Crippen molar-refractivity contribution in [2.75, 3.05) is 0 Å². The average Bonchev–Trinajstić information content (AvgIpc) is 2.82. The maximum atomic E-state index is 7.28. The summed E-state index contributed by atoms with van der Waals surface area (Å²) in [7, 11) is 0. The zero-order valence-electron chi connectivity index (χ0n) is 21.2. The first-order chi connectivity index (χ1) is 15.5. The van der Waals surface area contributed by atoms with E-state index in [2.05, 4.69) is 126 Å². The molecule has 0 fully saturated rings. The second-order valence-corrected chi connectivity index (χ2v) is 15.9. The molecule has 3 aromatic carbocycles. The fourth-order valence-corrected chi connectivity index (χ4v) is 5.11. The molecule has 0 aliphatic carbocycles. The summed E-state index contributed by atoms with van der Waals surface area (Å²) in [5.74, 6) is 7.22. The summed E-state index contributed by atoms with van der Waals surface area (Å²) < 4.78 is 7.28. The molecule has 1 nitrogen and oxygen atoms in total. The van der Waals surface area contributed by atoms with Crippen molar-refractivity contribution in [1.29, 1.82) is 0 Å². The molecule has 0 aromatic heterocycles. The minimum Gasteiger partial charge on any atom is -0.354 e. The Morgan fingerprint density at radius 2 is 1.15 bits per heavy atom. The number of rotatable bonds is 11. The van der Waals surface area contributed by atoms with Gasteiger partial charge in [0.05, 0.1) is 6.10 Å². The summed E-state index contributed by atoms with van der Waals surface area (Å²) in [4.78, 5) is 2.47. The van der Waals surface area contributed by atoms with Crippen LogP contribution in [0.25, 0.3) is 0 Å². The molecule has 1 unspecified atom stereocenters. The molecule has 33 heavy (non-hydrogen) atoms. The zero-order chi connectivity index (χ0) is 22.9. The normalized spacial score (nSPS) is 13.0. The van der Waals surface area contributed by atoms with Gasteiger partial charge in [0.1, 0.15) is 18.7 Å². The molecule has 0 aliphatic rings. The van der Waals surface area contributed by atoms with Crippen LogP contribution in [-0.4, -0.2) is 19.2 Å². The number of ether oxygens (including phenoxy) is 1. The van der Waals surface area contributed by atoms with E-state index in [0.29, 0.717) is 0 Å². The molecule has 3 aromatic rings. The van der Waals surface area contributed by atoms with E-state index < -0.39 is 18.7 Å². The number of benzene rings is 3. The minimum atomic E-state index is -1.63. The zero-order valence-corrected chi connectivity index (χ0v) is 22.4. The van der Waals surface area contributed by atoms with Crippen LogP contribution in [0.2, 0.25) is 17.4 Å². The molecule has 0 N–H and O–H groups in total. The van der Waals surface area contributed by atoms with Crippen molar-refractivity contribution in [3.8, 4) is 0 Å². The van der Waals surface area contributed by atoms with Crippen molar-refractivity contribution in [1.82, 2.24) is 0 Å². The van der Waals surface area contributed by atoms with E-state index in [1.165, 1.54) is 36.0 Å². The number of unbranched alkanes of at least 4 members (excludes halogenated alkanes) is 2. The predicted molar refractivity (Wildman–Crippen MR) is 141 cm³/mol. The van der Waals surface area contributed by atoms with Crippen molar-refractivity contribution >= 4 is 13.1 Å². The van der Waals surface area contributed by atoms with Crippen molar-refractivity contribution in [3.63, 3.8) is 0 Å². The average molecular weight is 449 g/mol. The fourth-order valence-electron chi connectivity index (χ4n) is 4.20. The molecule has 3 rings (SSSR count). The van der Waals surface area contributed by atoms with Gasteiger partial charge in [0.15, 0.2) is 0 Å². The third-order valence-electron chi connectivity index (χ3n) is 5.86. The Bertz CT molecular complexity index is 852. The number of hydrogen-bond donors (Lipinski definition) is 0. The van der Waals surface area contributed by atoms with E-state index in [1.54, 1.807) is 0 Å². The SMILES string of the molecule is CCCCCC(/C=[CH]/[Al-]([CH3])([CH3])[CH3])OC(c1ccccc1)(c1ccccc1)c1ccccc1.[Li+]. The van der Waals surface area contributed by atoms with Crippen LogP contribution in [0, 0.1) is 0 Å². The van der Waals surface area contributed by atoms with Gasteiger partial charge in [0.2, 0.25) is 0 Å². The van der Waals surface area contributed by atoms with Crippen molar-refractivity contribution in [3.05, 3.63) is 119 Å². The van der Waals surface area contributed by atoms with Crippen LogP contribution in [0.5, 0.6) is 0 Å². The van der Waals surface area contributed by atoms with E-state index >= 15 is 0 Å². The van der Waals surface area contributed by atoms with E-state index in [1.807, 2.05) is 0 Å². The summed E-state index contributed by atoms with van der Waals surface area (Å²) in [5, 5.41) is 0. The summed E-state index contributed by atoms with van der Waals surface area (Å²) in [6.45, 7) is 2.26. The molecule has 0 aliphatic heterocycles. The van der Waals surface area contributed by atoms with E-state index in [-0.39, 0.29) is 25.0 Å². The topological polar surface area (TPSA) is 9.23 Å². The molecule has 3 heteroatoms. The van der Waals surface area contributed by atoms with Gasteiger partial charge < -0.3 is 4.74 Å². The van der Waals surface area contributed by atoms with Crippen molar-refractivity contribution in [2.24, 2.45) is 0 Å². The first kappa shape index (κ1) is 27.7. The summed E-state index contributed by atoms with van der Waals surface area (Å²) in [6.07, 6.45) is 7.08. The van der Waals surface area contributed by atoms with Gasteiger partial charge in [-0.3, -0.25) is 4.94 Å². The van der Waals surface area contributed by atoms with Gasteiger partial charge in [-0.2, -0.15) is 17.4 Å². The summed E-state index contributed by atoms with van der Waals surface area (Å²) in [5.41, 5.74) is 2.85. The second-order valence-electron chi connectivity index (χ2n) is 10.0. The first-order valence-corrected chi connectivity index (χ1v) is 16.4. The Kier molecular flexibility index (Phi) is 11.3. The molecule has 168 valence electrons. The molecule has 0 heterocycles. The molecule has 0 bridgehead atoms. The maximum absolute atomic E-state index is 7.28. The molecule has 0 saturated heterocycles. The Balaban J connectivity index is 0.00000385. The molecule has 0 spiro atoms. The molecule has 0 amide bonds. The monoisotopic (exact) mass is 448 g/mol. The smallest absolute Gasteiger partial charge is 0.354 e. The maximum Gasteiger partial charge on any atom is 1.00 e. The van der Waals surface area contributed by atoms with Crippen molar-refractivity contribution in [2.45, 2.75) is 61.7 Å². The van der Waals surface area contributed by atoms with Crippen LogP contribution >= 0.6 is 0 Å². The minimum absolute atomic E-state index is 0. The third-order valence-corrected chi connectivity index (χ3v) is 7.24. The number of hydrogen-bond acceptors (Lipinski definition) is 1. The molecular formula is C30H38AlLiO. The van der Waals surface area contributed by atoms with Crippen LogP contribution in [0.4, 0.5) is 0 Å². The van der Waals surface area contributed by atoms with E-state index in [0.717, 1.165) is 6.42 Å². The van der Waals surface area contributed by atoms with Gasteiger partial charge in [-0.1, -0.05) is 117 Å². The van der Waals surface area contributed by atoms with Gasteiger partial charge in [-0.15, -0.1) is 6.08 Å². The van der Waals surface area contributed by atoms with Crippen LogP contribution in [0.1, 0.15) is 49.3 Å². The van der Waals surface area contributed by atoms with Crippen LogP contribution < -0.4 is 18.9 Å². The predicted octanol–water partition coefficient (Wildman–Crippen LogP) is 5.38. The molecule has 1 atom stereocenters. The van der Waals surface area contributed by atoms with Gasteiger partial charge in [0, 0.05) is 0 Å². The Morgan fingerprint density at radius 1 is 0.727 bits per heavy atom. The quantitative estimate of drug-likeness (QED) is 0.217. The molecular weight excluding hydrogens is 410 g/mol. The van der Waals surface area contributed by atoms with Crippen molar-refractivity contribution < 1.29 is 23.6 Å². The summed E-state index contributed by atoms with van der Waals surface area (Å²) in [6, 6.07) is 32.1. The van der Waals surface area contributed by atoms with Crippen LogP contribution in [0.3, 0.4) is 0 Å². The van der Waals surface area contributed by atoms with E-state index in [9.17, 15) is 0 Å². The van der Waals surface area contributed by atoms with Gasteiger partial charge in [0.25, 0.3) is 0 Å². The first-order valence-electron chi connectivity index (χ1n) is 12.3. The fraction of sp³-hybridized carbons (Fsp3) is 0.333. The second kappa shape index (κ2) is 13.4. The molecule has 0 saturated carbocycles. The Hall–Kier alpha value is -1.51. The summed E-state index contributed by atoms with van der Waals surface area (Å²) >= 11 is -1.63. The Labute approximate surface area is 216 Å². The van der Waals surface area contributed by atoms with Gasteiger partial charge in [-0.25, -0.2) is 0 Å². The van der Waals surface area contributed by atoms with Gasteiger partial charge >= 0.3 is 18.9 Å². The largest absolute Gasteiger partial charge is 1.00 e. The van der Waals surface area contributed by atoms with Crippen LogP contribution in [-0.2, 0) is 10.3 Å². The van der Waals surface area contributed by atoms with Gasteiger partial charge in [-0.05, 0) is 23.1 Å².